The van der Waals surface area contributed by atoms with Gasteiger partial charge in [-0.3, -0.25) is 4.79 Å². The van der Waals surface area contributed by atoms with Gasteiger partial charge in [0.25, 0.3) is 0 Å². The van der Waals surface area contributed by atoms with Crippen molar-refractivity contribution in [3.8, 4) is 0 Å². The van der Waals surface area contributed by atoms with Gasteiger partial charge in [-0.25, -0.2) is 0 Å². The minimum Gasteiger partial charge on any atom is -0.298 e. The number of allylic oxidation sites excluding steroid dienone is 2. The minimum absolute atomic E-state index is 0.179. The average Bonchev–Trinajstić information content (AvgIpc) is 2.05. The summed E-state index contributed by atoms with van der Waals surface area (Å²) in [5, 5.41) is 0. The first-order chi connectivity index (χ1) is 4.84. The van der Waals surface area contributed by atoms with E-state index in [0.29, 0.717) is 0 Å². The summed E-state index contributed by atoms with van der Waals surface area (Å²) >= 11 is 5.41. The highest BCUT2D eigenvalue weighted by molar-refractivity contribution is 6.27. The second-order valence-corrected chi connectivity index (χ2v) is 2.85. The Morgan fingerprint density at radius 3 is 2.90 bits per heavy atom. The van der Waals surface area contributed by atoms with E-state index in [1.165, 1.54) is 0 Å². The molecule has 0 N–H and O–H groups in total. The summed E-state index contributed by atoms with van der Waals surface area (Å²) in [5.41, 5.74) is 0. The molecule has 10 heavy (non-hydrogen) atoms. The van der Waals surface area contributed by atoms with Gasteiger partial charge in [0.15, 0.2) is 5.78 Å². The van der Waals surface area contributed by atoms with E-state index in [0.717, 1.165) is 19.3 Å². The fourth-order valence-corrected chi connectivity index (χ4v) is 1.41. The number of halogens is 1. The molecular formula is C8H11ClO. The lowest BCUT2D eigenvalue weighted by molar-refractivity contribution is -0.120. The van der Waals surface area contributed by atoms with Crippen molar-refractivity contribution in [3.63, 3.8) is 0 Å². The van der Waals surface area contributed by atoms with Crippen LogP contribution in [-0.4, -0.2) is 11.7 Å². The van der Waals surface area contributed by atoms with Crippen LogP contribution in [0.4, 0.5) is 0 Å². The standard InChI is InChI=1S/C8H11ClO/c9-6-8(10)7-4-2-1-3-5-7/h1-2,7H,3-6H2/t7-/m1/s1. The third-order valence-corrected chi connectivity index (χ3v) is 2.12. The van der Waals surface area contributed by atoms with Gasteiger partial charge in [0, 0.05) is 5.92 Å². The number of ketones is 1. The van der Waals surface area contributed by atoms with E-state index in [4.69, 9.17) is 11.6 Å². The van der Waals surface area contributed by atoms with Crippen LogP contribution in [0.25, 0.3) is 0 Å². The Labute approximate surface area is 66.1 Å². The Balaban J connectivity index is 2.41. The first-order valence-corrected chi connectivity index (χ1v) is 4.11. The van der Waals surface area contributed by atoms with E-state index >= 15 is 0 Å². The molecule has 0 aromatic heterocycles. The maximum absolute atomic E-state index is 11.0. The Morgan fingerprint density at radius 1 is 1.60 bits per heavy atom. The van der Waals surface area contributed by atoms with Gasteiger partial charge >= 0.3 is 0 Å². The molecule has 0 aliphatic heterocycles. The number of alkyl halides is 1. The summed E-state index contributed by atoms with van der Waals surface area (Å²) < 4.78 is 0. The third-order valence-electron chi connectivity index (χ3n) is 1.86. The molecule has 0 aromatic carbocycles. The van der Waals surface area contributed by atoms with E-state index in [1.807, 2.05) is 0 Å². The second-order valence-electron chi connectivity index (χ2n) is 2.58. The zero-order chi connectivity index (χ0) is 7.40. The maximum atomic E-state index is 11.0. The first kappa shape index (κ1) is 7.80. The largest absolute Gasteiger partial charge is 0.298 e. The summed E-state index contributed by atoms with van der Waals surface area (Å²) in [7, 11) is 0. The van der Waals surface area contributed by atoms with Crippen LogP contribution in [0.5, 0.6) is 0 Å². The molecule has 0 saturated carbocycles. The third kappa shape index (κ3) is 1.84. The van der Waals surface area contributed by atoms with Crippen molar-refractivity contribution < 1.29 is 4.79 Å². The van der Waals surface area contributed by atoms with Gasteiger partial charge in [0.05, 0.1) is 5.88 Å². The molecule has 1 aliphatic carbocycles. The van der Waals surface area contributed by atoms with Crippen molar-refractivity contribution in [1.29, 1.82) is 0 Å². The molecule has 1 aliphatic rings. The molecule has 0 amide bonds. The Kier molecular flexibility index (Phi) is 2.94. The van der Waals surface area contributed by atoms with Crippen molar-refractivity contribution >= 4 is 17.4 Å². The molecule has 0 bridgehead atoms. The lowest BCUT2D eigenvalue weighted by Gasteiger charge is -2.14. The maximum Gasteiger partial charge on any atom is 0.150 e. The zero-order valence-corrected chi connectivity index (χ0v) is 6.60. The van der Waals surface area contributed by atoms with Gasteiger partial charge in [0.1, 0.15) is 0 Å². The highest BCUT2D eigenvalue weighted by Crippen LogP contribution is 2.19. The Morgan fingerprint density at radius 2 is 2.40 bits per heavy atom. The number of Topliss-reactive ketones (excluding diaryl/α,β-unsaturated/α-hetero) is 1. The molecule has 0 spiro atoms. The number of carbonyl (C=O) groups is 1. The predicted molar refractivity (Wildman–Crippen MR) is 42.2 cm³/mol. The molecule has 0 fully saturated rings. The van der Waals surface area contributed by atoms with E-state index in [2.05, 4.69) is 12.2 Å². The molecule has 2 heteroatoms. The van der Waals surface area contributed by atoms with E-state index in [1.54, 1.807) is 0 Å². The molecule has 0 unspecified atom stereocenters. The second kappa shape index (κ2) is 3.77. The van der Waals surface area contributed by atoms with E-state index in [9.17, 15) is 4.79 Å². The predicted octanol–water partition coefficient (Wildman–Crippen LogP) is 2.15. The van der Waals surface area contributed by atoms with Gasteiger partial charge in [-0.2, -0.15) is 0 Å². The number of hydrogen-bond donors (Lipinski definition) is 0. The number of rotatable bonds is 2. The molecular weight excluding hydrogens is 148 g/mol. The zero-order valence-electron chi connectivity index (χ0n) is 5.85. The quantitative estimate of drug-likeness (QED) is 0.445. The summed E-state index contributed by atoms with van der Waals surface area (Å²) in [6.07, 6.45) is 7.11. The van der Waals surface area contributed by atoms with Gasteiger partial charge in [-0.15, -0.1) is 11.6 Å². The summed E-state index contributed by atoms with van der Waals surface area (Å²) in [4.78, 5) is 11.0. The van der Waals surface area contributed by atoms with Crippen LogP contribution < -0.4 is 0 Å². The van der Waals surface area contributed by atoms with Crippen LogP contribution in [0.1, 0.15) is 19.3 Å². The smallest absolute Gasteiger partial charge is 0.150 e. The summed E-state index contributed by atoms with van der Waals surface area (Å²) in [6.45, 7) is 0. The molecule has 1 rings (SSSR count). The topological polar surface area (TPSA) is 17.1 Å². The molecule has 1 atom stereocenters. The fourth-order valence-electron chi connectivity index (χ4n) is 1.20. The van der Waals surface area contributed by atoms with Crippen LogP contribution in [0.2, 0.25) is 0 Å². The van der Waals surface area contributed by atoms with Gasteiger partial charge < -0.3 is 0 Å². The van der Waals surface area contributed by atoms with Crippen molar-refractivity contribution in [2.24, 2.45) is 5.92 Å². The van der Waals surface area contributed by atoms with Crippen molar-refractivity contribution in [2.45, 2.75) is 19.3 Å². The molecule has 0 heterocycles. The van der Waals surface area contributed by atoms with Crippen molar-refractivity contribution in [2.75, 3.05) is 5.88 Å². The average molecular weight is 159 g/mol. The van der Waals surface area contributed by atoms with Crippen LogP contribution in [-0.2, 0) is 4.79 Å². The SMILES string of the molecule is O=C(CCl)[C@@H]1CC=CCC1. The first-order valence-electron chi connectivity index (χ1n) is 3.58. The summed E-state index contributed by atoms with van der Waals surface area (Å²) in [6, 6.07) is 0. The van der Waals surface area contributed by atoms with E-state index in [-0.39, 0.29) is 17.6 Å². The molecule has 1 nitrogen and oxygen atoms in total. The Hall–Kier alpha value is -0.300. The lowest BCUT2D eigenvalue weighted by Crippen LogP contribution is -2.16. The minimum atomic E-state index is 0.179. The fraction of sp³-hybridized carbons (Fsp3) is 0.625. The number of carbonyl (C=O) groups excluding carboxylic acids is 1. The van der Waals surface area contributed by atoms with Gasteiger partial charge in [0.2, 0.25) is 0 Å². The van der Waals surface area contributed by atoms with Crippen LogP contribution in [0, 0.1) is 5.92 Å². The van der Waals surface area contributed by atoms with Crippen molar-refractivity contribution in [1.82, 2.24) is 0 Å². The highest BCUT2D eigenvalue weighted by Gasteiger charge is 2.16. The van der Waals surface area contributed by atoms with Gasteiger partial charge in [-0.05, 0) is 19.3 Å². The highest BCUT2D eigenvalue weighted by atomic mass is 35.5. The molecule has 56 valence electrons. The molecule has 0 radical (unpaired) electrons. The summed E-state index contributed by atoms with van der Waals surface area (Å²) in [5.74, 6) is 0.590. The Bertz CT molecular complexity index is 151. The van der Waals surface area contributed by atoms with Gasteiger partial charge in [-0.1, -0.05) is 12.2 Å². The normalized spacial score (nSPS) is 24.7. The van der Waals surface area contributed by atoms with E-state index < -0.39 is 0 Å². The van der Waals surface area contributed by atoms with Crippen LogP contribution in [0.15, 0.2) is 12.2 Å². The molecule has 0 aromatic rings. The van der Waals surface area contributed by atoms with Crippen molar-refractivity contribution in [3.05, 3.63) is 12.2 Å². The monoisotopic (exact) mass is 158 g/mol. The lowest BCUT2D eigenvalue weighted by atomic mass is 9.91. The number of hydrogen-bond acceptors (Lipinski definition) is 1. The van der Waals surface area contributed by atoms with Crippen LogP contribution in [0.3, 0.4) is 0 Å². The van der Waals surface area contributed by atoms with Crippen LogP contribution >= 0.6 is 11.6 Å². The molecule has 0 saturated heterocycles.